The molecule has 1 unspecified atom stereocenters. The molecule has 1 heterocycles. The predicted octanol–water partition coefficient (Wildman–Crippen LogP) is 7.07. The van der Waals surface area contributed by atoms with Crippen LogP contribution in [0.1, 0.15) is 30.4 Å². The zero-order valence-corrected chi connectivity index (χ0v) is 15.6. The molecule has 122 valence electrons. The molecule has 1 aliphatic carbocycles. The van der Waals surface area contributed by atoms with E-state index in [1.165, 1.54) is 43.1 Å². The van der Waals surface area contributed by atoms with Crippen LogP contribution in [0.4, 0.5) is 0 Å². The Kier molecular flexibility index (Phi) is 3.36. The molecule has 0 fully saturated rings. The molecule has 0 bridgehead atoms. The predicted molar refractivity (Wildman–Crippen MR) is 111 cm³/mol. The topological polar surface area (TPSA) is 4.93 Å². The summed E-state index contributed by atoms with van der Waals surface area (Å²) in [5, 5.41) is 2.74. The third-order valence-corrected chi connectivity index (χ3v) is 5.93. The Bertz CT molecular complexity index is 1140. The minimum absolute atomic E-state index is 0.523. The molecule has 25 heavy (non-hydrogen) atoms. The molecule has 0 aliphatic heterocycles. The summed E-state index contributed by atoms with van der Waals surface area (Å²) in [5.74, 6) is 0.523. The van der Waals surface area contributed by atoms with Gasteiger partial charge >= 0.3 is 0 Å². The molecule has 1 aromatic heterocycles. The lowest BCUT2D eigenvalue weighted by atomic mass is 9.85. The highest BCUT2D eigenvalue weighted by Gasteiger charge is 2.23. The number of allylic oxidation sites excluding steroid dienone is 1. The molecule has 0 radical (unpaired) electrons. The van der Waals surface area contributed by atoms with Gasteiger partial charge in [-0.1, -0.05) is 71.4 Å². The molecule has 0 spiro atoms. The quantitative estimate of drug-likeness (QED) is 0.329. The third-order valence-electron chi connectivity index (χ3n) is 5.27. The summed E-state index contributed by atoms with van der Waals surface area (Å²) in [4.78, 5) is 0. The Morgan fingerprint density at radius 3 is 2.56 bits per heavy atom. The van der Waals surface area contributed by atoms with E-state index in [4.69, 9.17) is 0 Å². The zero-order chi connectivity index (χ0) is 17.0. The van der Waals surface area contributed by atoms with Crippen molar-refractivity contribution in [1.82, 2.24) is 4.57 Å². The van der Waals surface area contributed by atoms with E-state index in [1.54, 1.807) is 0 Å². The first-order chi connectivity index (χ1) is 12.3. The summed E-state index contributed by atoms with van der Waals surface area (Å²) in [5.41, 5.74) is 6.56. The van der Waals surface area contributed by atoms with Crippen molar-refractivity contribution in [2.24, 2.45) is 0 Å². The highest BCUT2D eigenvalue weighted by molar-refractivity contribution is 9.10. The van der Waals surface area contributed by atoms with E-state index in [2.05, 4.69) is 100 Å². The van der Waals surface area contributed by atoms with Crippen molar-refractivity contribution < 1.29 is 0 Å². The maximum atomic E-state index is 3.83. The van der Waals surface area contributed by atoms with Gasteiger partial charge in [0.1, 0.15) is 0 Å². The number of rotatable bonds is 1. The van der Waals surface area contributed by atoms with E-state index in [0.29, 0.717) is 5.92 Å². The molecule has 1 aliphatic rings. The van der Waals surface area contributed by atoms with Gasteiger partial charge in [-0.15, -0.1) is 0 Å². The van der Waals surface area contributed by atoms with E-state index < -0.39 is 0 Å². The van der Waals surface area contributed by atoms with Gasteiger partial charge in [0.05, 0.1) is 11.0 Å². The second kappa shape index (κ2) is 5.60. The highest BCUT2D eigenvalue weighted by atomic mass is 79.9. The molecule has 5 rings (SSSR count). The minimum Gasteiger partial charge on any atom is -0.309 e. The molecule has 4 aromatic rings. The lowest BCUT2D eigenvalue weighted by Crippen LogP contribution is -2.02. The van der Waals surface area contributed by atoms with Crippen LogP contribution in [-0.2, 0) is 0 Å². The number of hydrogen-bond donors (Lipinski definition) is 0. The molecule has 3 aromatic carbocycles. The molecule has 1 nitrogen and oxygen atoms in total. The van der Waals surface area contributed by atoms with Crippen LogP contribution < -0.4 is 0 Å². The molecular formula is C23H18BrN. The third kappa shape index (κ3) is 2.14. The molecule has 0 N–H and O–H groups in total. The van der Waals surface area contributed by atoms with Crippen LogP contribution in [0, 0.1) is 0 Å². The Labute approximate surface area is 155 Å². The number of nitrogens with zero attached hydrogens (tertiary/aromatic N) is 1. The summed E-state index contributed by atoms with van der Waals surface area (Å²) in [6, 6.07) is 21.7. The second-order valence-electron chi connectivity index (χ2n) is 6.81. The average Bonchev–Trinajstić information content (AvgIpc) is 2.96. The van der Waals surface area contributed by atoms with E-state index in [1.807, 2.05) is 0 Å². The first-order valence-electron chi connectivity index (χ1n) is 8.73. The fraction of sp³-hybridized carbons (Fsp3) is 0.130. The van der Waals surface area contributed by atoms with Crippen LogP contribution in [0.2, 0.25) is 0 Å². The number of aromatic nitrogens is 1. The normalized spacial score (nSPS) is 16.5. The number of halogens is 1. The summed E-state index contributed by atoms with van der Waals surface area (Å²) in [6.45, 7) is 2.34. The fourth-order valence-electron chi connectivity index (χ4n) is 4.18. The van der Waals surface area contributed by atoms with Gasteiger partial charge in [0.2, 0.25) is 0 Å². The fourth-order valence-corrected chi connectivity index (χ4v) is 4.75. The van der Waals surface area contributed by atoms with Crippen LogP contribution in [0.3, 0.4) is 0 Å². The molecule has 1 atom stereocenters. The van der Waals surface area contributed by atoms with Crippen molar-refractivity contribution in [3.63, 3.8) is 0 Å². The van der Waals surface area contributed by atoms with Crippen LogP contribution in [0.15, 0.2) is 71.2 Å². The van der Waals surface area contributed by atoms with E-state index >= 15 is 0 Å². The van der Waals surface area contributed by atoms with Crippen LogP contribution in [0.25, 0.3) is 33.6 Å². The van der Waals surface area contributed by atoms with Crippen molar-refractivity contribution >= 4 is 43.8 Å². The van der Waals surface area contributed by atoms with Gasteiger partial charge in [-0.05, 0) is 47.7 Å². The molecule has 0 saturated heterocycles. The standard InChI is InChI=1S/C23H18BrN/c1-15-8-7-12-17-19(24)14-21-23(22(15)17)18-11-5-6-13-20(18)25(21)16-9-3-2-4-10-16/h2-7,9-15H,8H2,1H3. The van der Waals surface area contributed by atoms with Crippen LogP contribution in [0.5, 0.6) is 0 Å². The van der Waals surface area contributed by atoms with Gasteiger partial charge in [-0.25, -0.2) is 0 Å². The van der Waals surface area contributed by atoms with Crippen molar-refractivity contribution in [3.05, 3.63) is 82.3 Å². The van der Waals surface area contributed by atoms with E-state index in [9.17, 15) is 0 Å². The van der Waals surface area contributed by atoms with Gasteiger partial charge < -0.3 is 4.57 Å². The molecule has 0 amide bonds. The Morgan fingerprint density at radius 2 is 1.72 bits per heavy atom. The first-order valence-corrected chi connectivity index (χ1v) is 9.52. The Balaban J connectivity index is 2.03. The lowest BCUT2D eigenvalue weighted by molar-refractivity contribution is 0.779. The maximum absolute atomic E-state index is 3.83. The number of benzene rings is 3. The molecule has 0 saturated carbocycles. The Hall–Kier alpha value is -2.32. The Morgan fingerprint density at radius 1 is 0.960 bits per heavy atom. The van der Waals surface area contributed by atoms with Gasteiger partial charge in [0, 0.05) is 20.9 Å². The molecule has 2 heteroatoms. The maximum Gasteiger partial charge on any atom is 0.0555 e. The lowest BCUT2D eigenvalue weighted by Gasteiger charge is -2.21. The van der Waals surface area contributed by atoms with E-state index in [0.717, 1.165) is 6.42 Å². The van der Waals surface area contributed by atoms with Gasteiger partial charge in [-0.2, -0.15) is 0 Å². The first kappa shape index (κ1) is 15.0. The van der Waals surface area contributed by atoms with Crippen molar-refractivity contribution in [2.45, 2.75) is 19.3 Å². The second-order valence-corrected chi connectivity index (χ2v) is 7.66. The summed E-state index contributed by atoms with van der Waals surface area (Å²) in [7, 11) is 0. The summed E-state index contributed by atoms with van der Waals surface area (Å²) < 4.78 is 3.57. The van der Waals surface area contributed by atoms with Gasteiger partial charge in [0.25, 0.3) is 0 Å². The molecular weight excluding hydrogens is 370 g/mol. The van der Waals surface area contributed by atoms with Crippen molar-refractivity contribution in [1.29, 1.82) is 0 Å². The van der Waals surface area contributed by atoms with Gasteiger partial charge in [-0.3, -0.25) is 0 Å². The van der Waals surface area contributed by atoms with E-state index in [-0.39, 0.29) is 0 Å². The summed E-state index contributed by atoms with van der Waals surface area (Å²) in [6.07, 6.45) is 5.66. The number of fused-ring (bicyclic) bond motifs is 5. The number of hydrogen-bond acceptors (Lipinski definition) is 0. The van der Waals surface area contributed by atoms with Crippen LogP contribution >= 0.6 is 15.9 Å². The summed E-state index contributed by atoms with van der Waals surface area (Å²) >= 11 is 3.83. The SMILES string of the molecule is CC1CC=Cc2c(Br)cc3c(c21)c1ccccc1n3-c1ccccc1. The van der Waals surface area contributed by atoms with Crippen molar-refractivity contribution in [2.75, 3.05) is 0 Å². The average molecular weight is 388 g/mol. The van der Waals surface area contributed by atoms with Crippen LogP contribution in [-0.4, -0.2) is 4.57 Å². The highest BCUT2D eigenvalue weighted by Crippen LogP contribution is 2.44. The monoisotopic (exact) mass is 387 g/mol. The number of para-hydroxylation sites is 2. The zero-order valence-electron chi connectivity index (χ0n) is 14.0. The largest absolute Gasteiger partial charge is 0.309 e. The van der Waals surface area contributed by atoms with Gasteiger partial charge in [0.15, 0.2) is 0 Å². The minimum atomic E-state index is 0.523. The smallest absolute Gasteiger partial charge is 0.0555 e. The van der Waals surface area contributed by atoms with Crippen molar-refractivity contribution in [3.8, 4) is 5.69 Å².